The van der Waals surface area contributed by atoms with Gasteiger partial charge in [-0.15, -0.1) is 0 Å². The third-order valence-electron chi connectivity index (χ3n) is 0.869. The maximum atomic E-state index is 10.1. The fourth-order valence-corrected chi connectivity index (χ4v) is 0.470. The van der Waals surface area contributed by atoms with Gasteiger partial charge in [0.15, 0.2) is 0 Å². The molecule has 0 fully saturated rings. The van der Waals surface area contributed by atoms with Gasteiger partial charge in [0, 0.05) is 0 Å². The van der Waals surface area contributed by atoms with Gasteiger partial charge in [0.05, 0.1) is 0 Å². The Morgan fingerprint density at radius 3 is 1.80 bits per heavy atom. The second kappa shape index (κ2) is 3.66. The number of carboxylic acids is 2. The zero-order valence-electron chi connectivity index (χ0n) is 5.50. The Hall–Kier alpha value is -1.32. The lowest BCUT2D eigenvalue weighted by Gasteiger charge is -1.91. The quantitative estimate of drug-likeness (QED) is 0.343. The molecule has 10 heavy (non-hydrogen) atoms. The van der Waals surface area contributed by atoms with Crippen LogP contribution in [0.1, 0.15) is 13.3 Å². The van der Waals surface area contributed by atoms with Crippen molar-refractivity contribution in [3.63, 3.8) is 0 Å². The summed E-state index contributed by atoms with van der Waals surface area (Å²) in [7, 11) is 0. The predicted octanol–water partition coefficient (Wildman–Crippen LogP) is 0.492. The molecular formula is C6H8O4. The van der Waals surface area contributed by atoms with Gasteiger partial charge in [0.2, 0.25) is 0 Å². The van der Waals surface area contributed by atoms with Crippen molar-refractivity contribution in [1.82, 2.24) is 0 Å². The number of carboxylic acid groups (broad SMARTS) is 2. The van der Waals surface area contributed by atoms with E-state index in [1.165, 1.54) is 0 Å². The highest BCUT2D eigenvalue weighted by Gasteiger charge is 2.13. The van der Waals surface area contributed by atoms with E-state index < -0.39 is 17.5 Å². The minimum absolute atomic E-state index is 0.411. The van der Waals surface area contributed by atoms with E-state index in [2.05, 4.69) is 0 Å². The summed E-state index contributed by atoms with van der Waals surface area (Å²) < 4.78 is 0. The number of aliphatic carboxylic acids is 2. The van der Waals surface area contributed by atoms with E-state index in [0.29, 0.717) is 6.42 Å². The first-order chi connectivity index (χ1) is 4.59. The molecule has 0 aliphatic carbocycles. The van der Waals surface area contributed by atoms with E-state index in [-0.39, 0.29) is 0 Å². The van der Waals surface area contributed by atoms with E-state index in [9.17, 15) is 9.59 Å². The zero-order valence-corrected chi connectivity index (χ0v) is 5.50. The Kier molecular flexibility index (Phi) is 3.17. The van der Waals surface area contributed by atoms with Crippen molar-refractivity contribution in [2.45, 2.75) is 13.3 Å². The van der Waals surface area contributed by atoms with Crippen molar-refractivity contribution in [3.05, 3.63) is 11.6 Å². The minimum atomic E-state index is -1.39. The highest BCUT2D eigenvalue weighted by atomic mass is 16.4. The highest BCUT2D eigenvalue weighted by molar-refractivity contribution is 6.12. The van der Waals surface area contributed by atoms with E-state index in [4.69, 9.17) is 10.2 Å². The van der Waals surface area contributed by atoms with E-state index in [0.717, 1.165) is 6.08 Å². The molecule has 0 saturated heterocycles. The highest BCUT2D eigenvalue weighted by Crippen LogP contribution is 1.96. The molecule has 0 bridgehead atoms. The fourth-order valence-electron chi connectivity index (χ4n) is 0.470. The number of allylic oxidation sites excluding steroid dienone is 1. The maximum absolute atomic E-state index is 10.1. The van der Waals surface area contributed by atoms with Crippen LogP contribution in [0, 0.1) is 0 Å². The van der Waals surface area contributed by atoms with Gasteiger partial charge < -0.3 is 10.2 Å². The molecule has 0 aliphatic heterocycles. The summed E-state index contributed by atoms with van der Waals surface area (Å²) in [5.74, 6) is -2.79. The standard InChI is InChI=1S/C6H8O4/c1-2-3-4(5(7)8)6(9)10/h3H,2H2,1H3,(H,7,8)(H,9,10). The molecule has 2 N–H and O–H groups in total. The van der Waals surface area contributed by atoms with Gasteiger partial charge in [-0.25, -0.2) is 9.59 Å². The molecule has 0 aromatic rings. The van der Waals surface area contributed by atoms with Crippen LogP contribution < -0.4 is 0 Å². The summed E-state index contributed by atoms with van der Waals surface area (Å²) in [4.78, 5) is 20.2. The summed E-state index contributed by atoms with van der Waals surface area (Å²) in [5.41, 5.74) is -0.567. The summed E-state index contributed by atoms with van der Waals surface area (Å²) in [6.07, 6.45) is 1.57. The normalized spacial score (nSPS) is 8.50. The van der Waals surface area contributed by atoms with Gasteiger partial charge >= 0.3 is 11.9 Å². The first-order valence-corrected chi connectivity index (χ1v) is 2.76. The first-order valence-electron chi connectivity index (χ1n) is 2.76. The van der Waals surface area contributed by atoms with Crippen molar-refractivity contribution in [2.75, 3.05) is 0 Å². The van der Waals surface area contributed by atoms with Crippen molar-refractivity contribution >= 4 is 11.9 Å². The number of rotatable bonds is 3. The first kappa shape index (κ1) is 8.68. The molecule has 0 radical (unpaired) electrons. The molecule has 0 unspecified atom stereocenters. The average molecular weight is 144 g/mol. The summed E-state index contributed by atoms with van der Waals surface area (Å²) in [5, 5.41) is 16.5. The monoisotopic (exact) mass is 144 g/mol. The Labute approximate surface area is 57.8 Å². The van der Waals surface area contributed by atoms with Crippen LogP contribution >= 0.6 is 0 Å². The Balaban J connectivity index is 4.42. The average Bonchev–Trinajstić information content (AvgIpc) is 1.81. The molecule has 0 amide bonds. The van der Waals surface area contributed by atoms with Crippen LogP contribution in [-0.4, -0.2) is 22.2 Å². The van der Waals surface area contributed by atoms with Crippen LogP contribution in [-0.2, 0) is 9.59 Å². The molecule has 0 aromatic heterocycles. The molecule has 0 atom stereocenters. The Morgan fingerprint density at radius 1 is 1.30 bits per heavy atom. The van der Waals surface area contributed by atoms with Crippen LogP contribution in [0.3, 0.4) is 0 Å². The number of hydrogen-bond acceptors (Lipinski definition) is 2. The molecule has 0 heterocycles. The summed E-state index contributed by atoms with van der Waals surface area (Å²) >= 11 is 0. The van der Waals surface area contributed by atoms with Gasteiger partial charge in [0.1, 0.15) is 5.57 Å². The third kappa shape index (κ3) is 2.30. The van der Waals surface area contributed by atoms with E-state index in [1.54, 1.807) is 6.92 Å². The molecule has 56 valence electrons. The SMILES string of the molecule is CCC=C(C(=O)O)C(=O)O. The lowest BCUT2D eigenvalue weighted by molar-refractivity contribution is -0.140. The Bertz CT molecular complexity index is 164. The van der Waals surface area contributed by atoms with Crippen molar-refractivity contribution in [1.29, 1.82) is 0 Å². The van der Waals surface area contributed by atoms with Crippen LogP contribution in [0.5, 0.6) is 0 Å². The number of hydrogen-bond donors (Lipinski definition) is 2. The molecule has 4 nitrogen and oxygen atoms in total. The van der Waals surface area contributed by atoms with Gasteiger partial charge in [-0.1, -0.05) is 13.0 Å². The van der Waals surface area contributed by atoms with Crippen LogP contribution in [0.2, 0.25) is 0 Å². The predicted molar refractivity (Wildman–Crippen MR) is 33.6 cm³/mol. The van der Waals surface area contributed by atoms with E-state index in [1.807, 2.05) is 0 Å². The molecule has 0 spiro atoms. The molecule has 4 heteroatoms. The minimum Gasteiger partial charge on any atom is -0.477 e. The summed E-state index contributed by atoms with van der Waals surface area (Å²) in [6, 6.07) is 0. The molecule has 0 saturated carbocycles. The van der Waals surface area contributed by atoms with Crippen LogP contribution in [0.4, 0.5) is 0 Å². The van der Waals surface area contributed by atoms with Crippen LogP contribution in [0.15, 0.2) is 11.6 Å². The van der Waals surface area contributed by atoms with Gasteiger partial charge in [-0.05, 0) is 6.42 Å². The van der Waals surface area contributed by atoms with Gasteiger partial charge in [-0.2, -0.15) is 0 Å². The second-order valence-corrected chi connectivity index (χ2v) is 1.64. The number of carbonyl (C=O) groups is 2. The topological polar surface area (TPSA) is 74.6 Å². The van der Waals surface area contributed by atoms with Gasteiger partial charge in [-0.3, -0.25) is 0 Å². The fraction of sp³-hybridized carbons (Fsp3) is 0.333. The van der Waals surface area contributed by atoms with Crippen LogP contribution in [0.25, 0.3) is 0 Å². The summed E-state index contributed by atoms with van der Waals surface area (Å²) in [6.45, 7) is 1.67. The maximum Gasteiger partial charge on any atom is 0.342 e. The lowest BCUT2D eigenvalue weighted by atomic mass is 10.2. The molecule has 0 aromatic carbocycles. The zero-order chi connectivity index (χ0) is 8.15. The van der Waals surface area contributed by atoms with Gasteiger partial charge in [0.25, 0.3) is 0 Å². The van der Waals surface area contributed by atoms with Crippen molar-refractivity contribution in [2.24, 2.45) is 0 Å². The third-order valence-corrected chi connectivity index (χ3v) is 0.869. The van der Waals surface area contributed by atoms with Crippen molar-refractivity contribution in [3.8, 4) is 0 Å². The lowest BCUT2D eigenvalue weighted by Crippen LogP contribution is -2.10. The van der Waals surface area contributed by atoms with E-state index >= 15 is 0 Å². The Morgan fingerprint density at radius 2 is 1.70 bits per heavy atom. The molecular weight excluding hydrogens is 136 g/mol. The largest absolute Gasteiger partial charge is 0.477 e. The van der Waals surface area contributed by atoms with Crippen molar-refractivity contribution < 1.29 is 19.8 Å². The smallest absolute Gasteiger partial charge is 0.342 e. The molecule has 0 aliphatic rings. The molecule has 0 rings (SSSR count). The second-order valence-electron chi connectivity index (χ2n) is 1.64.